The zero-order valence-corrected chi connectivity index (χ0v) is 17.7. The van der Waals surface area contributed by atoms with Crippen LogP contribution in [0.2, 0.25) is 0 Å². The van der Waals surface area contributed by atoms with Gasteiger partial charge in [0.05, 0.1) is 23.8 Å². The fourth-order valence-corrected chi connectivity index (χ4v) is 3.81. The standard InChI is InChI=1S/C22H19N3O6S/c1-31-18-11-9-17(10-12-18)25-32(29,30)19-7-4-6-15(13-19)21(26)24-23-14-16-5-2-3-8-20(16)22(27)28/h2-14,25H,1H3,(H,24,26)(H,27,28). The van der Waals surface area contributed by atoms with Crippen LogP contribution in [0.25, 0.3) is 0 Å². The molecule has 0 spiro atoms. The van der Waals surface area contributed by atoms with Crippen molar-refractivity contribution in [3.05, 3.63) is 89.5 Å². The first-order valence-electron chi connectivity index (χ1n) is 9.23. The monoisotopic (exact) mass is 453 g/mol. The molecule has 0 atom stereocenters. The summed E-state index contributed by atoms with van der Waals surface area (Å²) in [4.78, 5) is 23.5. The van der Waals surface area contributed by atoms with Crippen molar-refractivity contribution in [2.45, 2.75) is 4.90 Å². The van der Waals surface area contributed by atoms with Crippen LogP contribution in [0, 0.1) is 0 Å². The van der Waals surface area contributed by atoms with Crippen LogP contribution in [0.1, 0.15) is 26.3 Å². The van der Waals surface area contributed by atoms with Crippen molar-refractivity contribution in [3.8, 4) is 5.75 Å². The SMILES string of the molecule is COc1ccc(NS(=O)(=O)c2cccc(C(=O)NN=Cc3ccccc3C(=O)O)c2)cc1. The van der Waals surface area contributed by atoms with Gasteiger partial charge in [0, 0.05) is 16.8 Å². The van der Waals surface area contributed by atoms with Gasteiger partial charge in [-0.2, -0.15) is 5.10 Å². The first-order chi connectivity index (χ1) is 15.3. The van der Waals surface area contributed by atoms with Crippen molar-refractivity contribution < 1.29 is 27.9 Å². The number of anilines is 1. The summed E-state index contributed by atoms with van der Waals surface area (Å²) >= 11 is 0. The summed E-state index contributed by atoms with van der Waals surface area (Å²) < 4.78 is 32.8. The lowest BCUT2D eigenvalue weighted by molar-refractivity contribution is 0.0696. The molecule has 0 radical (unpaired) electrons. The summed E-state index contributed by atoms with van der Waals surface area (Å²) in [5.74, 6) is -1.20. The largest absolute Gasteiger partial charge is 0.497 e. The number of methoxy groups -OCH3 is 1. The molecule has 3 rings (SSSR count). The smallest absolute Gasteiger partial charge is 0.336 e. The van der Waals surface area contributed by atoms with Crippen LogP contribution in [0.5, 0.6) is 5.75 Å². The van der Waals surface area contributed by atoms with Crippen molar-refractivity contribution in [3.63, 3.8) is 0 Å². The molecule has 0 aromatic heterocycles. The van der Waals surface area contributed by atoms with Gasteiger partial charge in [0.15, 0.2) is 0 Å². The Balaban J connectivity index is 1.73. The molecule has 164 valence electrons. The Morgan fingerprint density at radius 2 is 1.72 bits per heavy atom. The average Bonchev–Trinajstić information content (AvgIpc) is 2.79. The number of carbonyl (C=O) groups is 2. The summed E-state index contributed by atoms with van der Waals surface area (Å²) in [5.41, 5.74) is 3.00. The van der Waals surface area contributed by atoms with Gasteiger partial charge in [0.25, 0.3) is 15.9 Å². The number of ether oxygens (including phenoxy) is 1. The summed E-state index contributed by atoms with van der Waals surface area (Å²) in [6.07, 6.45) is 1.20. The van der Waals surface area contributed by atoms with Crippen LogP contribution in [-0.2, 0) is 10.0 Å². The summed E-state index contributed by atoms with van der Waals surface area (Å²) in [6.45, 7) is 0. The van der Waals surface area contributed by atoms with Crippen LogP contribution in [0.3, 0.4) is 0 Å². The van der Waals surface area contributed by atoms with E-state index in [4.69, 9.17) is 4.74 Å². The molecule has 0 aliphatic heterocycles. The topological polar surface area (TPSA) is 134 Å². The number of sulfonamides is 1. The molecule has 0 saturated carbocycles. The molecule has 0 saturated heterocycles. The van der Waals surface area contributed by atoms with Crippen molar-refractivity contribution >= 4 is 33.8 Å². The van der Waals surface area contributed by atoms with Gasteiger partial charge in [-0.15, -0.1) is 0 Å². The van der Waals surface area contributed by atoms with Gasteiger partial charge in [-0.05, 0) is 48.5 Å². The number of nitrogens with one attached hydrogen (secondary N) is 2. The Labute approximate surface area is 184 Å². The highest BCUT2D eigenvalue weighted by molar-refractivity contribution is 7.92. The number of rotatable bonds is 8. The predicted molar refractivity (Wildman–Crippen MR) is 119 cm³/mol. The number of nitrogens with zero attached hydrogens (tertiary/aromatic N) is 1. The van der Waals surface area contributed by atoms with E-state index in [0.29, 0.717) is 17.0 Å². The van der Waals surface area contributed by atoms with Crippen molar-refractivity contribution in [2.75, 3.05) is 11.8 Å². The molecular formula is C22H19N3O6S. The number of aromatic carboxylic acids is 1. The highest BCUT2D eigenvalue weighted by Gasteiger charge is 2.16. The Morgan fingerprint density at radius 1 is 1.00 bits per heavy atom. The molecule has 3 N–H and O–H groups in total. The van der Waals surface area contributed by atoms with Gasteiger partial charge in [0.2, 0.25) is 0 Å². The fourth-order valence-electron chi connectivity index (χ4n) is 2.71. The minimum atomic E-state index is -3.94. The Hall–Kier alpha value is -4.18. The number of hydrogen-bond acceptors (Lipinski definition) is 6. The second-order valence-electron chi connectivity index (χ2n) is 6.45. The second-order valence-corrected chi connectivity index (χ2v) is 8.14. The third-order valence-electron chi connectivity index (χ3n) is 4.31. The molecular weight excluding hydrogens is 434 g/mol. The maximum atomic E-state index is 12.7. The fraction of sp³-hybridized carbons (Fsp3) is 0.0455. The van der Waals surface area contributed by atoms with E-state index in [2.05, 4.69) is 15.2 Å². The lowest BCUT2D eigenvalue weighted by Gasteiger charge is -2.10. The van der Waals surface area contributed by atoms with Gasteiger partial charge < -0.3 is 9.84 Å². The summed E-state index contributed by atoms with van der Waals surface area (Å²) in [5, 5.41) is 12.9. The number of carboxylic acid groups (broad SMARTS) is 1. The molecule has 32 heavy (non-hydrogen) atoms. The minimum absolute atomic E-state index is 0.0307. The van der Waals surface area contributed by atoms with E-state index in [1.165, 1.54) is 49.7 Å². The first kappa shape index (κ1) is 22.5. The highest BCUT2D eigenvalue weighted by Crippen LogP contribution is 2.20. The van der Waals surface area contributed by atoms with Gasteiger partial charge in [-0.1, -0.05) is 24.3 Å². The Morgan fingerprint density at radius 3 is 2.41 bits per heavy atom. The van der Waals surface area contributed by atoms with Crippen LogP contribution >= 0.6 is 0 Å². The molecule has 9 nitrogen and oxygen atoms in total. The van der Waals surface area contributed by atoms with E-state index >= 15 is 0 Å². The number of amides is 1. The van der Waals surface area contributed by atoms with Gasteiger partial charge in [-0.25, -0.2) is 18.6 Å². The van der Waals surface area contributed by atoms with Gasteiger partial charge >= 0.3 is 5.97 Å². The molecule has 0 aliphatic carbocycles. The van der Waals surface area contributed by atoms with Gasteiger partial charge in [-0.3, -0.25) is 9.52 Å². The maximum absolute atomic E-state index is 12.7. The van der Waals surface area contributed by atoms with E-state index in [-0.39, 0.29) is 16.0 Å². The van der Waals surface area contributed by atoms with E-state index < -0.39 is 21.9 Å². The lowest BCUT2D eigenvalue weighted by Crippen LogP contribution is -2.19. The average molecular weight is 453 g/mol. The van der Waals surface area contributed by atoms with Crippen LogP contribution in [0.15, 0.2) is 82.8 Å². The molecule has 0 bridgehead atoms. The summed E-state index contributed by atoms with van der Waals surface area (Å²) in [6, 6.07) is 17.9. The molecule has 0 aliphatic rings. The molecule has 0 unspecified atom stereocenters. The zero-order valence-electron chi connectivity index (χ0n) is 16.8. The minimum Gasteiger partial charge on any atom is -0.497 e. The highest BCUT2D eigenvalue weighted by atomic mass is 32.2. The molecule has 0 fully saturated rings. The number of carboxylic acids is 1. The van der Waals surface area contributed by atoms with E-state index in [9.17, 15) is 23.1 Å². The van der Waals surface area contributed by atoms with E-state index in [0.717, 1.165) is 0 Å². The predicted octanol–water partition coefficient (Wildman–Crippen LogP) is 2.96. The van der Waals surface area contributed by atoms with Crippen molar-refractivity contribution in [1.82, 2.24) is 5.43 Å². The number of carbonyl (C=O) groups excluding carboxylic acids is 1. The van der Waals surface area contributed by atoms with E-state index in [1.807, 2.05) is 0 Å². The number of hydrogen-bond donors (Lipinski definition) is 3. The normalized spacial score (nSPS) is 11.2. The number of hydrazone groups is 1. The third kappa shape index (κ3) is 5.49. The van der Waals surface area contributed by atoms with E-state index in [1.54, 1.807) is 36.4 Å². The second kappa shape index (κ2) is 9.75. The zero-order chi connectivity index (χ0) is 23.1. The molecule has 1 amide bonds. The maximum Gasteiger partial charge on any atom is 0.336 e. The number of benzene rings is 3. The van der Waals surface area contributed by atoms with Crippen LogP contribution in [0.4, 0.5) is 5.69 Å². The molecule has 0 heterocycles. The van der Waals surface area contributed by atoms with Crippen LogP contribution in [-0.4, -0.2) is 38.7 Å². The Bertz CT molecular complexity index is 1270. The first-order valence-corrected chi connectivity index (χ1v) is 10.7. The third-order valence-corrected chi connectivity index (χ3v) is 5.69. The molecule has 3 aromatic carbocycles. The molecule has 10 heteroatoms. The lowest BCUT2D eigenvalue weighted by atomic mass is 10.1. The quantitative estimate of drug-likeness (QED) is 0.355. The van der Waals surface area contributed by atoms with Crippen molar-refractivity contribution in [2.24, 2.45) is 5.10 Å². The van der Waals surface area contributed by atoms with Crippen LogP contribution < -0.4 is 14.9 Å². The summed E-state index contributed by atoms with van der Waals surface area (Å²) in [7, 11) is -2.44. The molecule has 3 aromatic rings. The van der Waals surface area contributed by atoms with Gasteiger partial charge in [0.1, 0.15) is 5.75 Å². The van der Waals surface area contributed by atoms with Crippen molar-refractivity contribution in [1.29, 1.82) is 0 Å². The Kier molecular flexibility index (Phi) is 6.86.